The van der Waals surface area contributed by atoms with Crippen molar-refractivity contribution in [3.8, 4) is 0 Å². The molecule has 0 saturated carbocycles. The summed E-state index contributed by atoms with van der Waals surface area (Å²) in [6, 6.07) is 17.1. The van der Waals surface area contributed by atoms with Gasteiger partial charge in [0.05, 0.1) is 11.0 Å². The van der Waals surface area contributed by atoms with Crippen molar-refractivity contribution in [1.82, 2.24) is 5.32 Å². The number of nitro benzene ring substituents is 1. The van der Waals surface area contributed by atoms with Crippen molar-refractivity contribution in [1.29, 1.82) is 0 Å². The zero-order chi connectivity index (χ0) is 20.3. The third-order valence-electron chi connectivity index (χ3n) is 4.69. The van der Waals surface area contributed by atoms with Gasteiger partial charge in [0.25, 0.3) is 5.69 Å². The standard InChI is InChI=1S/C22H20F2N2O2/c1-14-9-11-16(12-10-14)22(17-5-3-6-18(13-17)26(27)28)25-15(2)19-7-4-8-20(23)21(19)24/h3-13,15,22,25H,1-2H3/t15-,22?/m1/s1. The minimum absolute atomic E-state index is 0.0269. The van der Waals surface area contributed by atoms with E-state index in [1.54, 1.807) is 19.1 Å². The van der Waals surface area contributed by atoms with Crippen LogP contribution in [0.15, 0.2) is 66.7 Å². The first-order chi connectivity index (χ1) is 13.4. The van der Waals surface area contributed by atoms with Crippen LogP contribution in [-0.4, -0.2) is 4.92 Å². The number of nitro groups is 1. The molecular formula is C22H20F2N2O2. The molecule has 3 rings (SSSR count). The van der Waals surface area contributed by atoms with Gasteiger partial charge in [-0.05, 0) is 31.0 Å². The highest BCUT2D eigenvalue weighted by molar-refractivity contribution is 5.41. The number of rotatable bonds is 6. The molecular weight excluding hydrogens is 362 g/mol. The Balaban J connectivity index is 2.01. The molecule has 4 nitrogen and oxygen atoms in total. The van der Waals surface area contributed by atoms with Crippen LogP contribution in [-0.2, 0) is 0 Å². The fourth-order valence-electron chi connectivity index (χ4n) is 3.16. The van der Waals surface area contributed by atoms with Gasteiger partial charge in [0.15, 0.2) is 11.6 Å². The highest BCUT2D eigenvalue weighted by Crippen LogP contribution is 2.29. The van der Waals surface area contributed by atoms with Crippen LogP contribution in [0.2, 0.25) is 0 Å². The Morgan fingerprint density at radius 1 is 0.964 bits per heavy atom. The van der Waals surface area contributed by atoms with Gasteiger partial charge in [0.2, 0.25) is 0 Å². The summed E-state index contributed by atoms with van der Waals surface area (Å²) in [5.74, 6) is -1.81. The molecule has 0 heterocycles. The van der Waals surface area contributed by atoms with E-state index in [2.05, 4.69) is 5.32 Å². The second-order valence-electron chi connectivity index (χ2n) is 6.73. The van der Waals surface area contributed by atoms with E-state index >= 15 is 0 Å². The Morgan fingerprint density at radius 3 is 2.32 bits per heavy atom. The molecule has 1 unspecified atom stereocenters. The van der Waals surface area contributed by atoms with Crippen molar-refractivity contribution < 1.29 is 13.7 Å². The van der Waals surface area contributed by atoms with Gasteiger partial charge >= 0.3 is 0 Å². The molecule has 0 spiro atoms. The fraction of sp³-hybridized carbons (Fsp3) is 0.182. The lowest BCUT2D eigenvalue weighted by atomic mass is 9.95. The van der Waals surface area contributed by atoms with Gasteiger partial charge in [-0.2, -0.15) is 0 Å². The minimum Gasteiger partial charge on any atom is -0.299 e. The lowest BCUT2D eigenvalue weighted by molar-refractivity contribution is -0.384. The highest BCUT2D eigenvalue weighted by Gasteiger charge is 2.22. The van der Waals surface area contributed by atoms with Crippen LogP contribution >= 0.6 is 0 Å². The van der Waals surface area contributed by atoms with E-state index in [0.717, 1.165) is 17.2 Å². The third kappa shape index (κ3) is 4.23. The van der Waals surface area contributed by atoms with Crippen molar-refractivity contribution >= 4 is 5.69 Å². The summed E-state index contributed by atoms with van der Waals surface area (Å²) in [6.45, 7) is 3.70. The summed E-state index contributed by atoms with van der Waals surface area (Å²) in [5, 5.41) is 14.5. The van der Waals surface area contributed by atoms with Crippen molar-refractivity contribution in [2.24, 2.45) is 0 Å². The average Bonchev–Trinajstić information content (AvgIpc) is 2.69. The lowest BCUT2D eigenvalue weighted by Gasteiger charge is -2.25. The molecule has 0 radical (unpaired) electrons. The van der Waals surface area contributed by atoms with Crippen LogP contribution in [0.5, 0.6) is 0 Å². The van der Waals surface area contributed by atoms with Crippen LogP contribution in [0, 0.1) is 28.7 Å². The summed E-state index contributed by atoms with van der Waals surface area (Å²) >= 11 is 0. The first kappa shape index (κ1) is 19.6. The van der Waals surface area contributed by atoms with E-state index in [-0.39, 0.29) is 11.3 Å². The van der Waals surface area contributed by atoms with Gasteiger partial charge in [0, 0.05) is 23.7 Å². The fourth-order valence-corrected chi connectivity index (χ4v) is 3.16. The maximum absolute atomic E-state index is 14.2. The van der Waals surface area contributed by atoms with Gasteiger partial charge in [0.1, 0.15) is 0 Å². The predicted octanol–water partition coefficient (Wildman–Crippen LogP) is 5.62. The molecule has 2 atom stereocenters. The summed E-state index contributed by atoms with van der Waals surface area (Å²) in [7, 11) is 0. The molecule has 0 fully saturated rings. The molecule has 0 aliphatic heterocycles. The summed E-state index contributed by atoms with van der Waals surface area (Å²) in [6.07, 6.45) is 0. The molecule has 3 aromatic carbocycles. The zero-order valence-corrected chi connectivity index (χ0v) is 15.5. The Bertz CT molecular complexity index is 990. The largest absolute Gasteiger partial charge is 0.299 e. The first-order valence-electron chi connectivity index (χ1n) is 8.87. The Kier molecular flexibility index (Phi) is 5.80. The second-order valence-corrected chi connectivity index (χ2v) is 6.73. The van der Waals surface area contributed by atoms with Crippen LogP contribution in [0.1, 0.15) is 41.3 Å². The highest BCUT2D eigenvalue weighted by atomic mass is 19.2. The molecule has 0 amide bonds. The molecule has 1 N–H and O–H groups in total. The monoisotopic (exact) mass is 382 g/mol. The molecule has 28 heavy (non-hydrogen) atoms. The number of hydrogen-bond donors (Lipinski definition) is 1. The van der Waals surface area contributed by atoms with Crippen molar-refractivity contribution in [2.45, 2.75) is 25.9 Å². The van der Waals surface area contributed by atoms with Crippen molar-refractivity contribution in [3.63, 3.8) is 0 Å². The number of nitrogens with zero attached hydrogens (tertiary/aromatic N) is 1. The van der Waals surface area contributed by atoms with Crippen LogP contribution in [0.4, 0.5) is 14.5 Å². The quantitative estimate of drug-likeness (QED) is 0.445. The maximum Gasteiger partial charge on any atom is 0.269 e. The van der Waals surface area contributed by atoms with E-state index in [1.807, 2.05) is 31.2 Å². The first-order valence-corrected chi connectivity index (χ1v) is 8.87. The Labute approximate surface area is 162 Å². The number of benzene rings is 3. The van der Waals surface area contributed by atoms with Crippen molar-refractivity contribution in [3.05, 3.63) is 111 Å². The van der Waals surface area contributed by atoms with Gasteiger partial charge < -0.3 is 0 Å². The molecule has 0 bridgehead atoms. The molecule has 144 valence electrons. The number of aryl methyl sites for hydroxylation is 1. The second kappa shape index (κ2) is 8.27. The SMILES string of the molecule is Cc1ccc(C(N[C@H](C)c2cccc(F)c2F)c2cccc([N+](=O)[O-])c2)cc1. The van der Waals surface area contributed by atoms with Crippen LogP contribution in [0.3, 0.4) is 0 Å². The molecule has 0 aliphatic rings. The number of halogens is 2. The predicted molar refractivity (Wildman–Crippen MR) is 104 cm³/mol. The van der Waals surface area contributed by atoms with Gasteiger partial charge in [-0.3, -0.25) is 15.4 Å². The molecule has 6 heteroatoms. The maximum atomic E-state index is 14.2. The minimum atomic E-state index is -0.909. The molecule has 3 aromatic rings. The Hall–Kier alpha value is -3.12. The number of nitrogens with one attached hydrogen (secondary N) is 1. The summed E-state index contributed by atoms with van der Waals surface area (Å²) in [4.78, 5) is 10.7. The molecule has 0 aromatic heterocycles. The van der Waals surface area contributed by atoms with Gasteiger partial charge in [-0.25, -0.2) is 8.78 Å². The van der Waals surface area contributed by atoms with Gasteiger partial charge in [-0.15, -0.1) is 0 Å². The van der Waals surface area contributed by atoms with E-state index in [9.17, 15) is 18.9 Å². The zero-order valence-electron chi connectivity index (χ0n) is 15.5. The molecule has 0 aliphatic carbocycles. The van der Waals surface area contributed by atoms with E-state index in [0.29, 0.717) is 5.56 Å². The van der Waals surface area contributed by atoms with E-state index < -0.39 is 28.6 Å². The number of non-ortho nitro benzene ring substituents is 1. The summed E-state index contributed by atoms with van der Waals surface area (Å²) < 4.78 is 27.9. The Morgan fingerprint density at radius 2 is 1.64 bits per heavy atom. The third-order valence-corrected chi connectivity index (χ3v) is 4.69. The van der Waals surface area contributed by atoms with Crippen LogP contribution < -0.4 is 5.32 Å². The van der Waals surface area contributed by atoms with Crippen molar-refractivity contribution in [2.75, 3.05) is 0 Å². The van der Waals surface area contributed by atoms with E-state index in [1.165, 1.54) is 24.3 Å². The molecule has 0 saturated heterocycles. The number of hydrogen-bond acceptors (Lipinski definition) is 3. The summed E-state index contributed by atoms with van der Waals surface area (Å²) in [5.41, 5.74) is 2.78. The average molecular weight is 382 g/mol. The topological polar surface area (TPSA) is 55.2 Å². The smallest absolute Gasteiger partial charge is 0.269 e. The normalized spacial score (nSPS) is 13.1. The van der Waals surface area contributed by atoms with E-state index in [4.69, 9.17) is 0 Å². The lowest BCUT2D eigenvalue weighted by Crippen LogP contribution is -2.26. The van der Waals surface area contributed by atoms with Gasteiger partial charge in [-0.1, -0.05) is 54.1 Å². The van der Waals surface area contributed by atoms with Crippen LogP contribution in [0.25, 0.3) is 0 Å².